The van der Waals surface area contributed by atoms with Gasteiger partial charge < -0.3 is 5.32 Å². The Morgan fingerprint density at radius 3 is 2.75 bits per heavy atom. The first kappa shape index (κ1) is 14.3. The first-order chi connectivity index (χ1) is 9.69. The van der Waals surface area contributed by atoms with E-state index in [4.69, 9.17) is 0 Å². The lowest BCUT2D eigenvalue weighted by molar-refractivity contribution is -0.116. The third kappa shape index (κ3) is 3.95. The average molecular weight is 271 g/mol. The van der Waals surface area contributed by atoms with E-state index in [1.165, 1.54) is 0 Å². The van der Waals surface area contributed by atoms with Gasteiger partial charge in [-0.15, -0.1) is 0 Å². The zero-order valence-corrected chi connectivity index (χ0v) is 12.0. The largest absolute Gasteiger partial charge is 0.378 e. The lowest BCUT2D eigenvalue weighted by Gasteiger charge is -2.08. The monoisotopic (exact) mass is 271 g/mol. The molecule has 0 fully saturated rings. The van der Waals surface area contributed by atoms with Crippen LogP contribution in [0.4, 0.5) is 5.69 Å². The second kappa shape index (κ2) is 6.89. The van der Waals surface area contributed by atoms with Crippen molar-refractivity contribution in [2.45, 2.75) is 32.7 Å². The van der Waals surface area contributed by atoms with Crippen LogP contribution in [0.2, 0.25) is 0 Å². The average Bonchev–Trinajstić information content (AvgIpc) is 2.94. The second-order valence-corrected chi connectivity index (χ2v) is 4.98. The zero-order valence-electron chi connectivity index (χ0n) is 12.0. The van der Waals surface area contributed by atoms with Crippen LogP contribution < -0.4 is 5.32 Å². The molecule has 1 aromatic carbocycles. The van der Waals surface area contributed by atoms with Crippen molar-refractivity contribution in [2.75, 3.05) is 11.9 Å². The number of hydrogen-bond donors (Lipinski definition) is 1. The molecule has 0 spiro atoms. The molecule has 2 rings (SSSR count). The summed E-state index contributed by atoms with van der Waals surface area (Å²) >= 11 is 0. The molecule has 20 heavy (non-hydrogen) atoms. The minimum atomic E-state index is 0.142. The van der Waals surface area contributed by atoms with Crippen LogP contribution in [-0.2, 0) is 11.2 Å². The number of rotatable bonds is 7. The molecule has 0 saturated carbocycles. The normalized spacial score (nSPS) is 12.1. The zero-order chi connectivity index (χ0) is 14.4. The number of carbonyl (C=O) groups is 1. The lowest BCUT2D eigenvalue weighted by Crippen LogP contribution is -2.16. The fraction of sp³-hybridized carbons (Fsp3) is 0.375. The van der Waals surface area contributed by atoms with Gasteiger partial charge in [-0.1, -0.05) is 25.1 Å². The highest BCUT2D eigenvalue weighted by Crippen LogP contribution is 2.10. The van der Waals surface area contributed by atoms with E-state index in [9.17, 15) is 4.79 Å². The molecule has 0 radical (unpaired) electrons. The van der Waals surface area contributed by atoms with E-state index in [0.29, 0.717) is 19.0 Å². The molecule has 106 valence electrons. The molecule has 4 heteroatoms. The van der Waals surface area contributed by atoms with E-state index in [1.807, 2.05) is 47.3 Å². The second-order valence-electron chi connectivity index (χ2n) is 4.98. The van der Waals surface area contributed by atoms with Crippen LogP contribution in [0.3, 0.4) is 0 Å². The molecule has 1 atom stereocenters. The van der Waals surface area contributed by atoms with Crippen molar-refractivity contribution in [3.8, 4) is 0 Å². The standard InChI is InChI=1S/C16H21N3O/c1-3-13(2)19-10-9-15(18-19)11-16(20)12-17-14-7-5-4-6-8-14/h4-10,13,17H,3,11-12H2,1-2H3. The van der Waals surface area contributed by atoms with E-state index in [0.717, 1.165) is 17.8 Å². The minimum absolute atomic E-state index is 0.142. The molecule has 0 aliphatic rings. The van der Waals surface area contributed by atoms with Gasteiger partial charge in [0, 0.05) is 17.9 Å². The fourth-order valence-electron chi connectivity index (χ4n) is 1.93. The van der Waals surface area contributed by atoms with Gasteiger partial charge in [0.25, 0.3) is 0 Å². The van der Waals surface area contributed by atoms with E-state index in [2.05, 4.69) is 24.3 Å². The van der Waals surface area contributed by atoms with Gasteiger partial charge in [-0.05, 0) is 31.5 Å². The maximum atomic E-state index is 11.9. The Morgan fingerprint density at radius 2 is 2.05 bits per heavy atom. The molecular weight excluding hydrogens is 250 g/mol. The summed E-state index contributed by atoms with van der Waals surface area (Å²) in [6.45, 7) is 4.58. The van der Waals surface area contributed by atoms with Gasteiger partial charge in [0.2, 0.25) is 0 Å². The first-order valence-electron chi connectivity index (χ1n) is 7.03. The van der Waals surface area contributed by atoms with Crippen LogP contribution in [0.15, 0.2) is 42.6 Å². The van der Waals surface area contributed by atoms with Gasteiger partial charge in [-0.2, -0.15) is 5.10 Å². The van der Waals surface area contributed by atoms with Crippen molar-refractivity contribution in [1.29, 1.82) is 0 Å². The van der Waals surface area contributed by atoms with E-state index >= 15 is 0 Å². The third-order valence-corrected chi connectivity index (χ3v) is 3.35. The highest BCUT2D eigenvalue weighted by atomic mass is 16.1. The number of Topliss-reactive ketones (excluding diaryl/α,β-unsaturated/α-hetero) is 1. The van der Waals surface area contributed by atoms with Crippen molar-refractivity contribution in [1.82, 2.24) is 9.78 Å². The third-order valence-electron chi connectivity index (χ3n) is 3.35. The van der Waals surface area contributed by atoms with Gasteiger partial charge in [0.15, 0.2) is 5.78 Å². The number of carbonyl (C=O) groups excluding carboxylic acids is 1. The molecule has 0 bridgehead atoms. The van der Waals surface area contributed by atoms with Gasteiger partial charge >= 0.3 is 0 Å². The van der Waals surface area contributed by atoms with Gasteiger partial charge in [-0.25, -0.2) is 0 Å². The molecule has 1 N–H and O–H groups in total. The molecule has 0 aliphatic heterocycles. The maximum Gasteiger partial charge on any atom is 0.157 e. The van der Waals surface area contributed by atoms with Crippen LogP contribution in [0.25, 0.3) is 0 Å². The summed E-state index contributed by atoms with van der Waals surface area (Å²) < 4.78 is 1.92. The fourth-order valence-corrected chi connectivity index (χ4v) is 1.93. The molecule has 0 amide bonds. The summed E-state index contributed by atoms with van der Waals surface area (Å²) in [6, 6.07) is 12.0. The van der Waals surface area contributed by atoms with Gasteiger partial charge in [0.1, 0.15) is 0 Å². The highest BCUT2D eigenvalue weighted by molar-refractivity contribution is 5.84. The van der Waals surface area contributed by atoms with Crippen LogP contribution >= 0.6 is 0 Å². The Morgan fingerprint density at radius 1 is 1.30 bits per heavy atom. The number of ketones is 1. The molecule has 1 heterocycles. The summed E-state index contributed by atoms with van der Waals surface area (Å²) in [7, 11) is 0. The molecular formula is C16H21N3O. The van der Waals surface area contributed by atoms with Crippen LogP contribution in [0, 0.1) is 0 Å². The van der Waals surface area contributed by atoms with Crippen molar-refractivity contribution in [3.63, 3.8) is 0 Å². The molecule has 0 saturated heterocycles. The molecule has 2 aromatic rings. The molecule has 1 aromatic heterocycles. The summed E-state index contributed by atoms with van der Waals surface area (Å²) in [4.78, 5) is 11.9. The predicted octanol–water partition coefficient (Wildman–Crippen LogP) is 3.08. The highest BCUT2D eigenvalue weighted by Gasteiger charge is 2.08. The van der Waals surface area contributed by atoms with E-state index in [1.54, 1.807) is 0 Å². The van der Waals surface area contributed by atoms with Crippen LogP contribution in [0.1, 0.15) is 32.0 Å². The Bertz CT molecular complexity index is 548. The van der Waals surface area contributed by atoms with Gasteiger partial charge in [0.05, 0.1) is 18.7 Å². The Balaban J connectivity index is 1.84. The molecule has 4 nitrogen and oxygen atoms in total. The maximum absolute atomic E-state index is 11.9. The summed E-state index contributed by atoms with van der Waals surface area (Å²) in [5, 5.41) is 7.57. The molecule has 1 unspecified atom stereocenters. The van der Waals surface area contributed by atoms with Crippen molar-refractivity contribution >= 4 is 11.5 Å². The summed E-state index contributed by atoms with van der Waals surface area (Å²) in [5.74, 6) is 0.142. The van der Waals surface area contributed by atoms with Gasteiger partial charge in [-0.3, -0.25) is 9.48 Å². The van der Waals surface area contributed by atoms with E-state index < -0.39 is 0 Å². The molecule has 0 aliphatic carbocycles. The van der Waals surface area contributed by atoms with Crippen LogP contribution in [0.5, 0.6) is 0 Å². The number of aromatic nitrogens is 2. The van der Waals surface area contributed by atoms with Crippen molar-refractivity contribution in [2.24, 2.45) is 0 Å². The number of para-hydroxylation sites is 1. The number of anilines is 1. The number of nitrogens with one attached hydrogen (secondary N) is 1. The first-order valence-corrected chi connectivity index (χ1v) is 7.03. The Hall–Kier alpha value is -2.10. The summed E-state index contributed by atoms with van der Waals surface area (Å²) in [5.41, 5.74) is 1.80. The Kier molecular flexibility index (Phi) is 4.93. The van der Waals surface area contributed by atoms with Crippen LogP contribution in [-0.4, -0.2) is 22.1 Å². The summed E-state index contributed by atoms with van der Waals surface area (Å²) in [6.07, 6.45) is 3.36. The number of benzene rings is 1. The predicted molar refractivity (Wildman–Crippen MR) is 80.9 cm³/mol. The smallest absolute Gasteiger partial charge is 0.157 e. The van der Waals surface area contributed by atoms with Crippen molar-refractivity contribution in [3.05, 3.63) is 48.3 Å². The number of hydrogen-bond acceptors (Lipinski definition) is 3. The quantitative estimate of drug-likeness (QED) is 0.841. The Labute approximate surface area is 119 Å². The number of nitrogens with zero attached hydrogens (tertiary/aromatic N) is 2. The SMILES string of the molecule is CCC(C)n1ccc(CC(=O)CNc2ccccc2)n1. The minimum Gasteiger partial charge on any atom is -0.378 e. The van der Waals surface area contributed by atoms with Crippen molar-refractivity contribution < 1.29 is 4.79 Å². The van der Waals surface area contributed by atoms with E-state index in [-0.39, 0.29) is 5.78 Å². The topological polar surface area (TPSA) is 46.9 Å². The lowest BCUT2D eigenvalue weighted by atomic mass is 10.2.